The molecule has 0 amide bonds. The first-order chi connectivity index (χ1) is 10.0. The average molecular weight is 284 g/mol. The fourth-order valence-corrected chi connectivity index (χ4v) is 2.02. The normalized spacial score (nSPS) is 11.4. The second-order valence-electron chi connectivity index (χ2n) is 5.91. The van der Waals surface area contributed by atoms with Crippen molar-refractivity contribution in [1.82, 2.24) is 4.98 Å². The summed E-state index contributed by atoms with van der Waals surface area (Å²) in [6.07, 6.45) is 2.91. The van der Waals surface area contributed by atoms with Gasteiger partial charge in [0.25, 0.3) is 0 Å². The Hall–Kier alpha value is -1.87. The summed E-state index contributed by atoms with van der Waals surface area (Å²) in [5, 5.41) is 0. The van der Waals surface area contributed by atoms with Crippen molar-refractivity contribution in [1.29, 1.82) is 0 Å². The molecule has 21 heavy (non-hydrogen) atoms. The first kappa shape index (κ1) is 15.5. The standard InChI is InChI=1S/C18H24N2O/c1-4-18(2,3)15-6-9-17(10-7-15)21-13-16-8-5-14(11-19)12-20-16/h5-10,12H,4,11,13,19H2,1-3H3. The van der Waals surface area contributed by atoms with Gasteiger partial charge < -0.3 is 10.5 Å². The molecule has 0 atom stereocenters. The molecule has 2 rings (SSSR count). The van der Waals surface area contributed by atoms with Crippen molar-refractivity contribution in [2.45, 2.75) is 45.8 Å². The van der Waals surface area contributed by atoms with Crippen molar-refractivity contribution < 1.29 is 4.74 Å². The molecule has 0 aliphatic carbocycles. The van der Waals surface area contributed by atoms with Crippen molar-refractivity contribution in [2.75, 3.05) is 0 Å². The smallest absolute Gasteiger partial charge is 0.130 e. The Bertz CT molecular complexity index is 559. The summed E-state index contributed by atoms with van der Waals surface area (Å²) in [6, 6.07) is 12.3. The summed E-state index contributed by atoms with van der Waals surface area (Å²) in [5.41, 5.74) is 9.04. The van der Waals surface area contributed by atoms with E-state index in [1.54, 1.807) is 6.20 Å². The van der Waals surface area contributed by atoms with Crippen molar-refractivity contribution in [3.8, 4) is 5.75 Å². The minimum absolute atomic E-state index is 0.206. The van der Waals surface area contributed by atoms with Crippen LogP contribution in [0.15, 0.2) is 42.6 Å². The van der Waals surface area contributed by atoms with Gasteiger partial charge in [-0.25, -0.2) is 0 Å². The summed E-state index contributed by atoms with van der Waals surface area (Å²) < 4.78 is 5.77. The number of benzene rings is 1. The fraction of sp³-hybridized carbons (Fsp3) is 0.389. The monoisotopic (exact) mass is 284 g/mol. The lowest BCUT2D eigenvalue weighted by Gasteiger charge is -2.23. The molecule has 2 aromatic rings. The van der Waals surface area contributed by atoms with Crippen LogP contribution in [-0.2, 0) is 18.6 Å². The van der Waals surface area contributed by atoms with E-state index < -0.39 is 0 Å². The number of hydrogen-bond donors (Lipinski definition) is 1. The Morgan fingerprint density at radius 3 is 2.33 bits per heavy atom. The highest BCUT2D eigenvalue weighted by Gasteiger charge is 2.17. The van der Waals surface area contributed by atoms with Gasteiger partial charge in [-0.05, 0) is 41.2 Å². The molecule has 0 fully saturated rings. The van der Waals surface area contributed by atoms with Crippen LogP contribution in [0.2, 0.25) is 0 Å². The maximum Gasteiger partial charge on any atom is 0.130 e. The summed E-state index contributed by atoms with van der Waals surface area (Å²) >= 11 is 0. The first-order valence-corrected chi connectivity index (χ1v) is 7.42. The van der Waals surface area contributed by atoms with Crippen LogP contribution >= 0.6 is 0 Å². The van der Waals surface area contributed by atoms with E-state index in [1.165, 1.54) is 5.56 Å². The zero-order chi connectivity index (χ0) is 15.3. The molecule has 0 saturated carbocycles. The average Bonchev–Trinajstić information content (AvgIpc) is 2.54. The van der Waals surface area contributed by atoms with Crippen molar-refractivity contribution in [3.05, 3.63) is 59.4 Å². The molecule has 1 aromatic heterocycles. The number of ether oxygens (including phenoxy) is 1. The van der Waals surface area contributed by atoms with Crippen molar-refractivity contribution in [3.63, 3.8) is 0 Å². The third-order valence-corrected chi connectivity index (χ3v) is 4.03. The van der Waals surface area contributed by atoms with Crippen LogP contribution in [-0.4, -0.2) is 4.98 Å². The van der Waals surface area contributed by atoms with Crippen LogP contribution in [0.1, 0.15) is 44.0 Å². The van der Waals surface area contributed by atoms with Gasteiger partial charge in [-0.15, -0.1) is 0 Å². The number of nitrogens with zero attached hydrogens (tertiary/aromatic N) is 1. The van der Waals surface area contributed by atoms with Gasteiger partial charge in [-0.2, -0.15) is 0 Å². The van der Waals surface area contributed by atoms with E-state index in [9.17, 15) is 0 Å². The molecule has 3 heteroatoms. The van der Waals surface area contributed by atoms with Gasteiger partial charge in [-0.3, -0.25) is 4.98 Å². The zero-order valence-electron chi connectivity index (χ0n) is 13.1. The molecule has 3 nitrogen and oxygen atoms in total. The Kier molecular flexibility index (Phi) is 4.97. The van der Waals surface area contributed by atoms with E-state index in [2.05, 4.69) is 37.9 Å². The van der Waals surface area contributed by atoms with Crippen molar-refractivity contribution >= 4 is 0 Å². The third-order valence-electron chi connectivity index (χ3n) is 4.03. The molecule has 1 aromatic carbocycles. The molecule has 0 radical (unpaired) electrons. The molecule has 1 heterocycles. The molecule has 0 aliphatic rings. The summed E-state index contributed by atoms with van der Waals surface area (Å²) in [4.78, 5) is 4.33. The largest absolute Gasteiger partial charge is 0.487 e. The van der Waals surface area contributed by atoms with Gasteiger partial charge in [0.1, 0.15) is 12.4 Å². The summed E-state index contributed by atoms with van der Waals surface area (Å²) in [5.74, 6) is 0.871. The highest BCUT2D eigenvalue weighted by molar-refractivity contribution is 5.31. The predicted molar refractivity (Wildman–Crippen MR) is 86.2 cm³/mol. The van der Waals surface area contributed by atoms with E-state index in [1.807, 2.05) is 24.3 Å². The van der Waals surface area contributed by atoms with E-state index >= 15 is 0 Å². The second-order valence-corrected chi connectivity index (χ2v) is 5.91. The second kappa shape index (κ2) is 6.72. The molecule has 0 saturated heterocycles. The van der Waals surface area contributed by atoms with Crippen LogP contribution < -0.4 is 10.5 Å². The molecule has 0 aliphatic heterocycles. The van der Waals surface area contributed by atoms with Gasteiger partial charge in [-0.1, -0.05) is 39.0 Å². The lowest BCUT2D eigenvalue weighted by molar-refractivity contribution is 0.301. The number of aromatic nitrogens is 1. The number of rotatable bonds is 6. The Labute approximate surface area is 127 Å². The van der Waals surface area contributed by atoms with Crippen LogP contribution in [0.4, 0.5) is 0 Å². The third kappa shape index (κ3) is 4.05. The number of pyridine rings is 1. The van der Waals surface area contributed by atoms with E-state index in [-0.39, 0.29) is 5.41 Å². The molecular weight excluding hydrogens is 260 g/mol. The molecule has 112 valence electrons. The molecule has 0 spiro atoms. The number of hydrogen-bond acceptors (Lipinski definition) is 3. The molecule has 0 bridgehead atoms. The summed E-state index contributed by atoms with van der Waals surface area (Å²) in [7, 11) is 0. The maximum atomic E-state index is 5.77. The highest BCUT2D eigenvalue weighted by atomic mass is 16.5. The number of nitrogens with two attached hydrogens (primary N) is 1. The van der Waals surface area contributed by atoms with Gasteiger partial charge >= 0.3 is 0 Å². The SMILES string of the molecule is CCC(C)(C)c1ccc(OCc2ccc(CN)cn2)cc1. The van der Waals surface area contributed by atoms with Gasteiger partial charge in [0.05, 0.1) is 5.69 Å². The van der Waals surface area contributed by atoms with Gasteiger partial charge in [0.2, 0.25) is 0 Å². The highest BCUT2D eigenvalue weighted by Crippen LogP contribution is 2.28. The minimum atomic E-state index is 0.206. The van der Waals surface area contributed by atoms with Crippen molar-refractivity contribution in [2.24, 2.45) is 5.73 Å². The molecule has 0 unspecified atom stereocenters. The van der Waals surface area contributed by atoms with E-state index in [4.69, 9.17) is 10.5 Å². The van der Waals surface area contributed by atoms with Crippen LogP contribution in [0.3, 0.4) is 0 Å². The van der Waals surface area contributed by atoms with E-state index in [0.29, 0.717) is 13.2 Å². The zero-order valence-corrected chi connectivity index (χ0v) is 13.1. The Balaban J connectivity index is 1.97. The minimum Gasteiger partial charge on any atom is -0.487 e. The Morgan fingerprint density at radius 2 is 1.81 bits per heavy atom. The van der Waals surface area contributed by atoms with Crippen LogP contribution in [0.25, 0.3) is 0 Å². The molecular formula is C18H24N2O. The summed E-state index contributed by atoms with van der Waals surface area (Å²) in [6.45, 7) is 7.71. The van der Waals surface area contributed by atoms with Gasteiger partial charge in [0.15, 0.2) is 0 Å². The van der Waals surface area contributed by atoms with Crippen LogP contribution in [0, 0.1) is 0 Å². The quantitative estimate of drug-likeness (QED) is 0.877. The lowest BCUT2D eigenvalue weighted by Crippen LogP contribution is -2.15. The molecule has 2 N–H and O–H groups in total. The van der Waals surface area contributed by atoms with E-state index in [0.717, 1.165) is 23.4 Å². The topological polar surface area (TPSA) is 48.1 Å². The fourth-order valence-electron chi connectivity index (χ4n) is 2.02. The maximum absolute atomic E-state index is 5.77. The first-order valence-electron chi connectivity index (χ1n) is 7.42. The van der Waals surface area contributed by atoms with Gasteiger partial charge in [0, 0.05) is 12.7 Å². The Morgan fingerprint density at radius 1 is 1.10 bits per heavy atom. The predicted octanol–water partition coefficient (Wildman–Crippen LogP) is 3.81. The van der Waals surface area contributed by atoms with Crippen LogP contribution in [0.5, 0.6) is 5.75 Å². The lowest BCUT2D eigenvalue weighted by atomic mass is 9.82.